The van der Waals surface area contributed by atoms with E-state index in [1.54, 1.807) is 20.8 Å². The number of aromatic nitrogens is 2. The lowest BCUT2D eigenvalue weighted by molar-refractivity contribution is 0.410. The van der Waals surface area contributed by atoms with Crippen LogP contribution >= 0.6 is 15.9 Å². The van der Waals surface area contributed by atoms with Crippen LogP contribution in [0.5, 0.6) is 11.5 Å². The number of benzene rings is 3. The molecule has 0 aliphatic rings. The molecule has 4 nitrogen and oxygen atoms in total. The minimum absolute atomic E-state index is 0.0831. The highest BCUT2D eigenvalue weighted by Gasteiger charge is 2.22. The van der Waals surface area contributed by atoms with Crippen molar-refractivity contribution >= 4 is 37.8 Å². The second-order valence-electron chi connectivity index (χ2n) is 11.3. The summed E-state index contributed by atoms with van der Waals surface area (Å²) in [5, 5.41) is 1.88. The van der Waals surface area contributed by atoms with Crippen LogP contribution in [0, 0.1) is 12.3 Å². The van der Waals surface area contributed by atoms with Crippen LogP contribution in [-0.2, 0) is 11.8 Å². The summed E-state index contributed by atoms with van der Waals surface area (Å²) in [5.74, 6) is 1.69. The fraction of sp³-hybridized carbons (Fsp3) is 0.312. The van der Waals surface area contributed by atoms with Crippen LogP contribution < -0.4 is 4.74 Å². The Kier molecular flexibility index (Phi) is 4.99. The van der Waals surface area contributed by atoms with E-state index in [0.29, 0.717) is 38.7 Å². The Hall–Kier alpha value is -3.18. The number of ether oxygens (including phenoxy) is 1. The van der Waals surface area contributed by atoms with Gasteiger partial charge in [0.1, 0.15) is 11.3 Å². The van der Waals surface area contributed by atoms with Crippen molar-refractivity contribution in [1.82, 2.24) is 9.97 Å². The third-order valence-corrected chi connectivity index (χ3v) is 6.49. The number of para-hydroxylation sites is 1. The maximum atomic E-state index is 8.89. The van der Waals surface area contributed by atoms with E-state index in [-0.39, 0.29) is 16.5 Å². The first-order chi connectivity index (χ1) is 19.4. The molecule has 0 atom stereocenters. The second kappa shape index (κ2) is 9.29. The maximum absolute atomic E-state index is 8.89. The number of pyridine rings is 1. The molecule has 0 N–H and O–H groups in total. The SMILES string of the molecule is [2H]C([2H])([2H])c1cnc(-c2cccc(Br)c2Oc2ccc3ccc4oc(C(C)(C)C)nc4c3c2)cc1C([2H])([2H])C(C)(C)C. The molecule has 0 radical (unpaired) electrons. The van der Waals surface area contributed by atoms with Gasteiger partial charge in [-0.2, -0.15) is 0 Å². The number of halogens is 1. The van der Waals surface area contributed by atoms with Gasteiger partial charge >= 0.3 is 0 Å². The molecule has 0 unspecified atom stereocenters. The van der Waals surface area contributed by atoms with Gasteiger partial charge < -0.3 is 9.15 Å². The molecule has 0 fully saturated rings. The maximum Gasteiger partial charge on any atom is 0.200 e. The Labute approximate surface area is 234 Å². The van der Waals surface area contributed by atoms with Crippen molar-refractivity contribution < 1.29 is 16.0 Å². The summed E-state index contributed by atoms with van der Waals surface area (Å²) >= 11 is 3.61. The molecule has 0 saturated carbocycles. The minimum Gasteiger partial charge on any atom is -0.455 e. The van der Waals surface area contributed by atoms with Gasteiger partial charge in [0, 0.05) is 29.4 Å². The number of hydrogen-bond acceptors (Lipinski definition) is 4. The summed E-state index contributed by atoms with van der Waals surface area (Å²) < 4.78 is 55.1. The molecule has 0 aliphatic carbocycles. The van der Waals surface area contributed by atoms with E-state index in [1.807, 2.05) is 48.5 Å². The highest BCUT2D eigenvalue weighted by molar-refractivity contribution is 9.10. The monoisotopic (exact) mass is 561 g/mol. The predicted molar refractivity (Wildman–Crippen MR) is 156 cm³/mol. The molecule has 0 saturated heterocycles. The summed E-state index contributed by atoms with van der Waals surface area (Å²) in [5.41, 5.74) is 1.30. The lowest BCUT2D eigenvalue weighted by Gasteiger charge is -2.20. The second-order valence-corrected chi connectivity index (χ2v) is 12.1. The van der Waals surface area contributed by atoms with E-state index in [9.17, 15) is 0 Å². The normalized spacial score (nSPS) is 15.2. The van der Waals surface area contributed by atoms with Gasteiger partial charge in [0.2, 0.25) is 5.89 Å². The fourth-order valence-corrected chi connectivity index (χ4v) is 4.56. The molecule has 37 heavy (non-hydrogen) atoms. The molecule has 190 valence electrons. The van der Waals surface area contributed by atoms with Gasteiger partial charge in [0.25, 0.3) is 0 Å². The topological polar surface area (TPSA) is 48.2 Å². The summed E-state index contributed by atoms with van der Waals surface area (Å²) in [6.45, 7) is 8.89. The standard InChI is InChI=1S/C32H33BrN2O2/c1-19-18-34-26(15-21(19)17-31(2,3)4)23-9-8-10-25(33)29(23)36-22-13-11-20-12-14-27-28(24(20)16-22)35-30(37-27)32(5,6)7/h8-16,18H,17H2,1-7H3/i1D3,17D2. The lowest BCUT2D eigenvalue weighted by atomic mass is 9.86. The van der Waals surface area contributed by atoms with Crippen molar-refractivity contribution in [2.45, 2.75) is 60.2 Å². The van der Waals surface area contributed by atoms with Gasteiger partial charge in [-0.15, -0.1) is 0 Å². The Morgan fingerprint density at radius 1 is 1.03 bits per heavy atom. The largest absolute Gasteiger partial charge is 0.455 e. The number of fused-ring (bicyclic) bond motifs is 3. The summed E-state index contributed by atoms with van der Waals surface area (Å²) in [6, 6.07) is 16.7. The van der Waals surface area contributed by atoms with E-state index in [4.69, 9.17) is 21.0 Å². The van der Waals surface area contributed by atoms with Crippen LogP contribution in [0.25, 0.3) is 33.1 Å². The zero-order valence-corrected chi connectivity index (χ0v) is 23.4. The van der Waals surface area contributed by atoms with E-state index in [1.165, 1.54) is 12.3 Å². The first kappa shape index (κ1) is 19.9. The number of nitrogens with zero attached hydrogens (tertiary/aromatic N) is 2. The Morgan fingerprint density at radius 3 is 2.54 bits per heavy atom. The van der Waals surface area contributed by atoms with Crippen molar-refractivity contribution in [1.29, 1.82) is 0 Å². The fourth-order valence-electron chi connectivity index (χ4n) is 4.12. The zero-order chi connectivity index (χ0) is 30.8. The molecule has 0 spiro atoms. The van der Waals surface area contributed by atoms with Crippen molar-refractivity contribution in [3.8, 4) is 22.8 Å². The average Bonchev–Trinajstić information content (AvgIpc) is 3.34. The number of aryl methyl sites for hydroxylation is 1. The van der Waals surface area contributed by atoms with Crippen molar-refractivity contribution in [3.05, 3.63) is 82.3 Å². The van der Waals surface area contributed by atoms with E-state index < -0.39 is 18.6 Å². The molecule has 5 heteroatoms. The number of rotatable bonds is 4. The van der Waals surface area contributed by atoms with E-state index in [2.05, 4.69) is 41.7 Å². The lowest BCUT2D eigenvalue weighted by Crippen LogP contribution is -2.10. The summed E-state index contributed by atoms with van der Waals surface area (Å²) in [6.07, 6.45) is -0.690. The summed E-state index contributed by atoms with van der Waals surface area (Å²) in [7, 11) is 0. The van der Waals surface area contributed by atoms with Gasteiger partial charge in [-0.25, -0.2) is 4.98 Å². The van der Waals surface area contributed by atoms with Crippen LogP contribution in [0.4, 0.5) is 0 Å². The quantitative estimate of drug-likeness (QED) is 0.219. The van der Waals surface area contributed by atoms with Crippen LogP contribution in [0.2, 0.25) is 0 Å². The van der Waals surface area contributed by atoms with Gasteiger partial charge in [-0.1, -0.05) is 59.7 Å². The zero-order valence-electron chi connectivity index (χ0n) is 26.9. The molecule has 2 heterocycles. The van der Waals surface area contributed by atoms with Crippen LogP contribution in [0.3, 0.4) is 0 Å². The highest BCUT2D eigenvalue weighted by atomic mass is 79.9. The number of oxazole rings is 1. The molecule has 0 bridgehead atoms. The molecular weight excluding hydrogens is 524 g/mol. The molecule has 5 aromatic rings. The molecule has 3 aromatic carbocycles. The van der Waals surface area contributed by atoms with Crippen molar-refractivity contribution in [2.75, 3.05) is 0 Å². The Morgan fingerprint density at radius 2 is 1.81 bits per heavy atom. The Bertz CT molecular complexity index is 1810. The van der Waals surface area contributed by atoms with Crippen LogP contribution in [0.1, 0.15) is 65.4 Å². The van der Waals surface area contributed by atoms with Crippen LogP contribution in [-0.4, -0.2) is 9.97 Å². The average molecular weight is 563 g/mol. The van der Waals surface area contributed by atoms with Gasteiger partial charge in [-0.05, 0) is 87.5 Å². The van der Waals surface area contributed by atoms with Crippen molar-refractivity contribution in [3.63, 3.8) is 0 Å². The molecule has 0 aliphatic heterocycles. The molecule has 2 aromatic heterocycles. The van der Waals surface area contributed by atoms with Gasteiger partial charge in [-0.3, -0.25) is 4.98 Å². The molecule has 5 rings (SSSR count). The first-order valence-corrected chi connectivity index (χ1v) is 13.0. The van der Waals surface area contributed by atoms with Crippen molar-refractivity contribution in [2.24, 2.45) is 5.41 Å². The molecule has 0 amide bonds. The third kappa shape index (κ3) is 5.28. The highest BCUT2D eigenvalue weighted by Crippen LogP contribution is 2.41. The Balaban J connectivity index is 1.64. The van der Waals surface area contributed by atoms with Gasteiger partial charge in [0.15, 0.2) is 11.3 Å². The molecular formula is C32H33BrN2O2. The smallest absolute Gasteiger partial charge is 0.200 e. The van der Waals surface area contributed by atoms with Crippen LogP contribution in [0.15, 0.2) is 69.7 Å². The third-order valence-electron chi connectivity index (χ3n) is 5.87. The first-order valence-electron chi connectivity index (χ1n) is 14.7. The van der Waals surface area contributed by atoms with Gasteiger partial charge in [0.05, 0.1) is 10.2 Å². The number of hydrogen-bond donors (Lipinski definition) is 0. The summed E-state index contributed by atoms with van der Waals surface area (Å²) in [4.78, 5) is 9.28. The van der Waals surface area contributed by atoms with E-state index in [0.717, 1.165) is 16.3 Å². The predicted octanol–water partition coefficient (Wildman–Crippen LogP) is 9.79. The van der Waals surface area contributed by atoms with E-state index >= 15 is 0 Å². The minimum atomic E-state index is -2.53.